The minimum Gasteiger partial charge on any atom is -0.267 e. The van der Waals surface area contributed by atoms with Gasteiger partial charge >= 0.3 is 0 Å². The van der Waals surface area contributed by atoms with Crippen LogP contribution in [0.15, 0.2) is 58.2 Å². The summed E-state index contributed by atoms with van der Waals surface area (Å²) >= 11 is 7.34. The van der Waals surface area contributed by atoms with E-state index in [4.69, 9.17) is 11.6 Å². The van der Waals surface area contributed by atoms with Crippen LogP contribution in [0.4, 0.5) is 0 Å². The van der Waals surface area contributed by atoms with Crippen molar-refractivity contribution in [3.8, 4) is 0 Å². The SMILES string of the molecule is O=c1c2ccccc2nnn1CSc1ccc(Cl)cc1. The molecule has 0 radical (unpaired) electrons. The molecule has 1 aromatic heterocycles. The third-order valence-electron chi connectivity index (χ3n) is 2.80. The van der Waals surface area contributed by atoms with Crippen LogP contribution in [0, 0.1) is 0 Å². The number of nitrogens with zero attached hydrogens (tertiary/aromatic N) is 3. The van der Waals surface area contributed by atoms with Crippen molar-refractivity contribution < 1.29 is 0 Å². The second kappa shape index (κ2) is 5.64. The van der Waals surface area contributed by atoms with Gasteiger partial charge in [-0.1, -0.05) is 28.9 Å². The normalized spacial score (nSPS) is 10.8. The molecular formula is C14H10ClN3OS. The van der Waals surface area contributed by atoms with Gasteiger partial charge in [-0.3, -0.25) is 4.79 Å². The van der Waals surface area contributed by atoms with E-state index in [2.05, 4.69) is 10.3 Å². The van der Waals surface area contributed by atoms with Gasteiger partial charge in [0, 0.05) is 9.92 Å². The number of rotatable bonds is 3. The van der Waals surface area contributed by atoms with Crippen molar-refractivity contribution >= 4 is 34.3 Å². The van der Waals surface area contributed by atoms with Crippen LogP contribution in [0.2, 0.25) is 5.02 Å². The van der Waals surface area contributed by atoms with Gasteiger partial charge in [0.1, 0.15) is 5.52 Å². The van der Waals surface area contributed by atoms with Crippen molar-refractivity contribution in [2.45, 2.75) is 10.8 Å². The predicted molar refractivity (Wildman–Crippen MR) is 81.1 cm³/mol. The molecule has 2 aromatic carbocycles. The molecule has 0 saturated heterocycles. The van der Waals surface area contributed by atoms with Crippen LogP contribution in [0.3, 0.4) is 0 Å². The first-order chi connectivity index (χ1) is 9.74. The third kappa shape index (κ3) is 2.69. The summed E-state index contributed by atoms with van der Waals surface area (Å²) in [6, 6.07) is 14.7. The van der Waals surface area contributed by atoms with Crippen LogP contribution in [0.25, 0.3) is 10.9 Å². The molecule has 0 atom stereocenters. The molecule has 3 rings (SSSR count). The fourth-order valence-corrected chi connectivity index (χ4v) is 2.67. The van der Waals surface area contributed by atoms with Crippen LogP contribution < -0.4 is 5.56 Å². The maximum Gasteiger partial charge on any atom is 0.278 e. The zero-order valence-electron chi connectivity index (χ0n) is 10.4. The van der Waals surface area contributed by atoms with Crippen LogP contribution in [0.1, 0.15) is 0 Å². The van der Waals surface area contributed by atoms with Gasteiger partial charge in [-0.25, -0.2) is 4.68 Å². The molecule has 100 valence electrons. The Hall–Kier alpha value is -1.85. The first-order valence-corrected chi connectivity index (χ1v) is 7.31. The van der Waals surface area contributed by atoms with E-state index in [0.29, 0.717) is 21.8 Å². The Kier molecular flexibility index (Phi) is 3.71. The summed E-state index contributed by atoms with van der Waals surface area (Å²) in [4.78, 5) is 13.3. The Balaban J connectivity index is 1.86. The minimum atomic E-state index is -0.128. The van der Waals surface area contributed by atoms with E-state index in [0.717, 1.165) is 4.90 Å². The summed E-state index contributed by atoms with van der Waals surface area (Å²) in [5.74, 6) is 0.415. The van der Waals surface area contributed by atoms with Crippen molar-refractivity contribution in [3.05, 3.63) is 63.9 Å². The topological polar surface area (TPSA) is 47.8 Å². The number of benzene rings is 2. The van der Waals surface area contributed by atoms with Crippen LogP contribution in [-0.2, 0) is 5.88 Å². The van der Waals surface area contributed by atoms with E-state index in [1.165, 1.54) is 16.4 Å². The largest absolute Gasteiger partial charge is 0.278 e. The van der Waals surface area contributed by atoms with Crippen LogP contribution in [-0.4, -0.2) is 15.0 Å². The number of hydrogen-bond acceptors (Lipinski definition) is 4. The number of hydrogen-bond donors (Lipinski definition) is 0. The maximum atomic E-state index is 12.2. The molecule has 4 nitrogen and oxygen atoms in total. The predicted octanol–water partition coefficient (Wildman–Crippen LogP) is 3.19. The van der Waals surface area contributed by atoms with E-state index in [9.17, 15) is 4.79 Å². The average molecular weight is 304 g/mol. The van der Waals surface area contributed by atoms with Gasteiger partial charge in [-0.05, 0) is 36.4 Å². The molecular weight excluding hydrogens is 294 g/mol. The van der Waals surface area contributed by atoms with E-state index in [1.807, 2.05) is 36.4 Å². The molecule has 0 saturated carbocycles. The van der Waals surface area contributed by atoms with E-state index < -0.39 is 0 Å². The highest BCUT2D eigenvalue weighted by molar-refractivity contribution is 7.98. The number of fused-ring (bicyclic) bond motifs is 1. The summed E-state index contributed by atoms with van der Waals surface area (Å²) in [5, 5.41) is 9.27. The molecule has 6 heteroatoms. The zero-order chi connectivity index (χ0) is 13.9. The molecule has 1 heterocycles. The quantitative estimate of drug-likeness (QED) is 0.697. The number of aromatic nitrogens is 3. The maximum absolute atomic E-state index is 12.2. The van der Waals surface area contributed by atoms with E-state index in [1.54, 1.807) is 12.1 Å². The van der Waals surface area contributed by atoms with E-state index in [-0.39, 0.29) is 5.56 Å². The Morgan fingerprint density at radius 2 is 1.85 bits per heavy atom. The molecule has 0 aliphatic heterocycles. The lowest BCUT2D eigenvalue weighted by atomic mass is 10.2. The van der Waals surface area contributed by atoms with Crippen molar-refractivity contribution in [3.63, 3.8) is 0 Å². The molecule has 0 spiro atoms. The van der Waals surface area contributed by atoms with Gasteiger partial charge in [-0.2, -0.15) is 0 Å². The van der Waals surface area contributed by atoms with Gasteiger partial charge in [-0.15, -0.1) is 16.9 Å². The molecule has 0 aliphatic rings. The summed E-state index contributed by atoms with van der Waals surface area (Å²) in [6.45, 7) is 0. The molecule has 20 heavy (non-hydrogen) atoms. The Morgan fingerprint density at radius 1 is 1.10 bits per heavy atom. The van der Waals surface area contributed by atoms with Crippen molar-refractivity contribution in [1.29, 1.82) is 0 Å². The van der Waals surface area contributed by atoms with Crippen LogP contribution in [0.5, 0.6) is 0 Å². The van der Waals surface area contributed by atoms with Gasteiger partial charge < -0.3 is 0 Å². The van der Waals surface area contributed by atoms with Gasteiger partial charge in [0.15, 0.2) is 0 Å². The Labute approximate surface area is 124 Å². The molecule has 0 N–H and O–H groups in total. The molecule has 0 bridgehead atoms. The van der Waals surface area contributed by atoms with Gasteiger partial charge in [0.25, 0.3) is 5.56 Å². The Bertz CT molecular complexity index is 801. The van der Waals surface area contributed by atoms with Crippen LogP contribution >= 0.6 is 23.4 Å². The first-order valence-electron chi connectivity index (χ1n) is 5.95. The van der Waals surface area contributed by atoms with E-state index >= 15 is 0 Å². The van der Waals surface area contributed by atoms with Gasteiger partial charge in [0.2, 0.25) is 0 Å². The molecule has 0 aliphatic carbocycles. The summed E-state index contributed by atoms with van der Waals surface area (Å²) in [5.41, 5.74) is 0.488. The number of thioether (sulfide) groups is 1. The summed E-state index contributed by atoms with van der Waals surface area (Å²) in [7, 11) is 0. The number of halogens is 1. The lowest BCUT2D eigenvalue weighted by Gasteiger charge is -2.04. The standard InChI is InChI=1S/C14H10ClN3OS/c15-10-5-7-11(8-6-10)20-9-18-14(19)12-3-1-2-4-13(12)16-17-18/h1-8H,9H2. The monoisotopic (exact) mass is 303 g/mol. The summed E-state index contributed by atoms with van der Waals surface area (Å²) < 4.78 is 1.36. The first kappa shape index (κ1) is 13.1. The fraction of sp³-hybridized carbons (Fsp3) is 0.0714. The highest BCUT2D eigenvalue weighted by Crippen LogP contribution is 2.21. The highest BCUT2D eigenvalue weighted by Gasteiger charge is 2.05. The van der Waals surface area contributed by atoms with Gasteiger partial charge in [0.05, 0.1) is 11.3 Å². The van der Waals surface area contributed by atoms with Crippen molar-refractivity contribution in [2.75, 3.05) is 0 Å². The molecule has 0 amide bonds. The molecule has 0 unspecified atom stereocenters. The second-order valence-corrected chi connectivity index (χ2v) is 5.59. The molecule has 0 fully saturated rings. The Morgan fingerprint density at radius 3 is 2.65 bits per heavy atom. The average Bonchev–Trinajstić information content (AvgIpc) is 2.49. The highest BCUT2D eigenvalue weighted by atomic mass is 35.5. The minimum absolute atomic E-state index is 0.128. The van der Waals surface area contributed by atoms with Crippen molar-refractivity contribution in [2.24, 2.45) is 0 Å². The lowest BCUT2D eigenvalue weighted by molar-refractivity contribution is 0.645. The third-order valence-corrected chi connectivity index (χ3v) is 4.03. The summed E-state index contributed by atoms with van der Waals surface area (Å²) in [6.07, 6.45) is 0. The smallest absolute Gasteiger partial charge is 0.267 e. The fourth-order valence-electron chi connectivity index (χ4n) is 1.77. The molecule has 3 aromatic rings. The van der Waals surface area contributed by atoms with Crippen molar-refractivity contribution in [1.82, 2.24) is 15.0 Å². The zero-order valence-corrected chi connectivity index (χ0v) is 11.9. The second-order valence-electron chi connectivity index (χ2n) is 4.14. The lowest BCUT2D eigenvalue weighted by Crippen LogP contribution is -2.23.